The summed E-state index contributed by atoms with van der Waals surface area (Å²) in [6, 6.07) is 3.81. The quantitative estimate of drug-likeness (QED) is 0.801. The number of urea groups is 1. The standard InChI is InChI=1S/C14H15FN2O2/c1-2-7-16-14(18)17-12-4-3-8-19-13-9-10(15)5-6-11(12)13/h1,5-6,9,12H,3-4,7-8H2,(H2,16,17,18). The minimum Gasteiger partial charge on any atom is -0.493 e. The normalized spacial score (nSPS) is 17.4. The highest BCUT2D eigenvalue weighted by molar-refractivity contribution is 5.74. The molecule has 1 atom stereocenters. The van der Waals surface area contributed by atoms with Crippen molar-refractivity contribution in [3.8, 4) is 18.1 Å². The largest absolute Gasteiger partial charge is 0.493 e. The lowest BCUT2D eigenvalue weighted by Crippen LogP contribution is -2.38. The Morgan fingerprint density at radius 2 is 2.42 bits per heavy atom. The predicted octanol–water partition coefficient (Wildman–Crippen LogP) is 1.97. The number of nitrogens with one attached hydrogen (secondary N) is 2. The molecule has 1 aliphatic rings. The van der Waals surface area contributed by atoms with Gasteiger partial charge in [-0.1, -0.05) is 12.0 Å². The first kappa shape index (κ1) is 13.2. The van der Waals surface area contributed by atoms with Gasteiger partial charge in [0.15, 0.2) is 0 Å². The summed E-state index contributed by atoms with van der Waals surface area (Å²) in [4.78, 5) is 11.6. The lowest BCUT2D eigenvalue weighted by atomic mass is 10.0. The van der Waals surface area contributed by atoms with E-state index in [0.29, 0.717) is 12.4 Å². The minimum atomic E-state index is -0.351. The number of benzene rings is 1. The van der Waals surface area contributed by atoms with E-state index in [1.54, 1.807) is 6.07 Å². The number of ether oxygens (including phenoxy) is 1. The molecule has 0 saturated heterocycles. The average molecular weight is 262 g/mol. The van der Waals surface area contributed by atoms with Crippen LogP contribution in [-0.4, -0.2) is 19.2 Å². The fourth-order valence-corrected chi connectivity index (χ4v) is 2.04. The smallest absolute Gasteiger partial charge is 0.316 e. The summed E-state index contributed by atoms with van der Waals surface area (Å²) in [6.07, 6.45) is 6.60. The lowest BCUT2D eigenvalue weighted by Gasteiger charge is -2.18. The zero-order chi connectivity index (χ0) is 13.7. The Bertz CT molecular complexity index is 511. The molecule has 1 aromatic rings. The van der Waals surface area contributed by atoms with Crippen LogP contribution in [0.4, 0.5) is 9.18 Å². The number of carbonyl (C=O) groups is 1. The summed E-state index contributed by atoms with van der Waals surface area (Å²) in [6.45, 7) is 0.686. The molecule has 4 nitrogen and oxygen atoms in total. The fourth-order valence-electron chi connectivity index (χ4n) is 2.04. The Morgan fingerprint density at radius 1 is 1.58 bits per heavy atom. The van der Waals surface area contributed by atoms with E-state index in [1.807, 2.05) is 0 Å². The van der Waals surface area contributed by atoms with E-state index in [2.05, 4.69) is 16.6 Å². The molecule has 2 rings (SSSR count). The Labute approximate surface area is 111 Å². The number of carbonyl (C=O) groups excluding carboxylic acids is 1. The van der Waals surface area contributed by atoms with E-state index in [-0.39, 0.29) is 24.4 Å². The number of halogens is 1. The fraction of sp³-hybridized carbons (Fsp3) is 0.357. The summed E-state index contributed by atoms with van der Waals surface area (Å²) >= 11 is 0. The summed E-state index contributed by atoms with van der Waals surface area (Å²) in [5, 5.41) is 5.36. The van der Waals surface area contributed by atoms with Crippen LogP contribution in [0, 0.1) is 18.2 Å². The van der Waals surface area contributed by atoms with Gasteiger partial charge >= 0.3 is 6.03 Å². The van der Waals surface area contributed by atoms with Gasteiger partial charge in [-0.3, -0.25) is 0 Å². The van der Waals surface area contributed by atoms with Gasteiger partial charge in [-0.2, -0.15) is 0 Å². The molecular formula is C14H15FN2O2. The molecule has 1 unspecified atom stereocenters. The highest BCUT2D eigenvalue weighted by Crippen LogP contribution is 2.31. The van der Waals surface area contributed by atoms with Gasteiger partial charge in [-0.05, 0) is 18.9 Å². The van der Waals surface area contributed by atoms with Gasteiger partial charge < -0.3 is 15.4 Å². The third kappa shape index (κ3) is 3.38. The van der Waals surface area contributed by atoms with Crippen LogP contribution in [0.1, 0.15) is 24.4 Å². The van der Waals surface area contributed by atoms with Crippen LogP contribution in [0.25, 0.3) is 0 Å². The predicted molar refractivity (Wildman–Crippen MR) is 69.2 cm³/mol. The van der Waals surface area contributed by atoms with E-state index >= 15 is 0 Å². The molecule has 0 aliphatic carbocycles. The maximum Gasteiger partial charge on any atom is 0.316 e. The summed E-state index contributed by atoms with van der Waals surface area (Å²) in [5.74, 6) is 2.46. The van der Waals surface area contributed by atoms with Crippen LogP contribution < -0.4 is 15.4 Å². The van der Waals surface area contributed by atoms with Crippen molar-refractivity contribution in [2.75, 3.05) is 13.2 Å². The van der Waals surface area contributed by atoms with E-state index in [4.69, 9.17) is 11.2 Å². The minimum absolute atomic E-state index is 0.172. The third-order valence-electron chi connectivity index (χ3n) is 2.90. The van der Waals surface area contributed by atoms with Crippen LogP contribution in [-0.2, 0) is 0 Å². The Balaban J connectivity index is 2.13. The van der Waals surface area contributed by atoms with Crippen molar-refractivity contribution in [1.29, 1.82) is 0 Å². The van der Waals surface area contributed by atoms with Crippen LogP contribution in [0.5, 0.6) is 5.75 Å². The Kier molecular flexibility index (Phi) is 4.24. The SMILES string of the molecule is C#CCNC(=O)NC1CCCOc2cc(F)ccc21. The molecule has 0 radical (unpaired) electrons. The van der Waals surface area contributed by atoms with Crippen LogP contribution in [0.15, 0.2) is 18.2 Å². The maximum absolute atomic E-state index is 13.2. The van der Waals surface area contributed by atoms with Gasteiger partial charge in [-0.25, -0.2) is 9.18 Å². The number of hydrogen-bond donors (Lipinski definition) is 2. The number of amides is 2. The number of hydrogen-bond acceptors (Lipinski definition) is 2. The maximum atomic E-state index is 13.2. The molecule has 100 valence electrons. The van der Waals surface area contributed by atoms with E-state index in [0.717, 1.165) is 18.4 Å². The van der Waals surface area contributed by atoms with Crippen molar-refractivity contribution in [2.45, 2.75) is 18.9 Å². The molecule has 2 N–H and O–H groups in total. The zero-order valence-corrected chi connectivity index (χ0v) is 10.4. The van der Waals surface area contributed by atoms with Crippen molar-refractivity contribution in [3.05, 3.63) is 29.6 Å². The van der Waals surface area contributed by atoms with Crippen LogP contribution in [0.2, 0.25) is 0 Å². The molecule has 5 heteroatoms. The van der Waals surface area contributed by atoms with Gasteiger partial charge in [0.1, 0.15) is 11.6 Å². The molecule has 0 saturated carbocycles. The van der Waals surface area contributed by atoms with Crippen molar-refractivity contribution >= 4 is 6.03 Å². The first-order valence-electron chi connectivity index (χ1n) is 6.11. The molecule has 1 heterocycles. The van der Waals surface area contributed by atoms with E-state index < -0.39 is 0 Å². The van der Waals surface area contributed by atoms with Gasteiger partial charge in [0.25, 0.3) is 0 Å². The summed E-state index contributed by atoms with van der Waals surface area (Å²) in [7, 11) is 0. The summed E-state index contributed by atoms with van der Waals surface area (Å²) in [5.41, 5.74) is 0.787. The molecule has 0 spiro atoms. The monoisotopic (exact) mass is 262 g/mol. The highest BCUT2D eigenvalue weighted by atomic mass is 19.1. The summed E-state index contributed by atoms with van der Waals surface area (Å²) < 4.78 is 18.7. The van der Waals surface area contributed by atoms with E-state index in [9.17, 15) is 9.18 Å². The highest BCUT2D eigenvalue weighted by Gasteiger charge is 2.21. The molecule has 0 aromatic heterocycles. The first-order valence-corrected chi connectivity index (χ1v) is 6.11. The molecule has 0 fully saturated rings. The zero-order valence-electron chi connectivity index (χ0n) is 10.4. The Morgan fingerprint density at radius 3 is 3.21 bits per heavy atom. The third-order valence-corrected chi connectivity index (χ3v) is 2.90. The molecule has 0 bridgehead atoms. The molecule has 1 aromatic carbocycles. The van der Waals surface area contributed by atoms with E-state index in [1.165, 1.54) is 12.1 Å². The topological polar surface area (TPSA) is 50.4 Å². The van der Waals surface area contributed by atoms with Gasteiger partial charge in [-0.15, -0.1) is 6.42 Å². The second kappa shape index (κ2) is 6.10. The first-order chi connectivity index (χ1) is 9.20. The molecule has 19 heavy (non-hydrogen) atoms. The number of terminal acetylenes is 1. The van der Waals surface area contributed by atoms with Crippen molar-refractivity contribution in [1.82, 2.24) is 10.6 Å². The van der Waals surface area contributed by atoms with Gasteiger partial charge in [0.2, 0.25) is 0 Å². The van der Waals surface area contributed by atoms with Crippen molar-refractivity contribution < 1.29 is 13.9 Å². The number of rotatable bonds is 2. The number of fused-ring (bicyclic) bond motifs is 1. The second-order valence-electron chi connectivity index (χ2n) is 4.26. The lowest BCUT2D eigenvalue weighted by molar-refractivity contribution is 0.237. The molecular weight excluding hydrogens is 247 g/mol. The van der Waals surface area contributed by atoms with Crippen LogP contribution in [0.3, 0.4) is 0 Å². The van der Waals surface area contributed by atoms with Crippen molar-refractivity contribution in [3.63, 3.8) is 0 Å². The van der Waals surface area contributed by atoms with Crippen molar-refractivity contribution in [2.24, 2.45) is 0 Å². The molecule has 1 aliphatic heterocycles. The van der Waals surface area contributed by atoms with Gasteiger partial charge in [0, 0.05) is 11.6 Å². The Hall–Kier alpha value is -2.22. The molecule has 2 amide bonds. The van der Waals surface area contributed by atoms with Gasteiger partial charge in [0.05, 0.1) is 19.2 Å². The average Bonchev–Trinajstić information content (AvgIpc) is 2.58. The second-order valence-corrected chi connectivity index (χ2v) is 4.26. The van der Waals surface area contributed by atoms with Crippen LogP contribution >= 0.6 is 0 Å².